The third-order valence-electron chi connectivity index (χ3n) is 4.36. The van der Waals surface area contributed by atoms with Crippen molar-refractivity contribution >= 4 is 11.6 Å². The Morgan fingerprint density at radius 1 is 0.957 bits per heavy atom. The highest BCUT2D eigenvalue weighted by Gasteiger charge is 2.22. The van der Waals surface area contributed by atoms with Crippen LogP contribution in [0.4, 0.5) is 0 Å². The molecular formula is C20H30O3. The average molecular weight is 318 g/mol. The molecule has 0 aliphatic carbocycles. The van der Waals surface area contributed by atoms with E-state index in [0.717, 1.165) is 37.9 Å². The molecule has 0 aliphatic heterocycles. The highest BCUT2D eigenvalue weighted by atomic mass is 16.5. The first-order valence-electron chi connectivity index (χ1n) is 8.81. The van der Waals surface area contributed by atoms with Gasteiger partial charge in [-0.3, -0.25) is 9.59 Å². The minimum Gasteiger partial charge on any atom is -0.496 e. The highest BCUT2D eigenvalue weighted by Crippen LogP contribution is 2.21. The van der Waals surface area contributed by atoms with Gasteiger partial charge >= 0.3 is 0 Å². The van der Waals surface area contributed by atoms with Gasteiger partial charge in [-0.25, -0.2) is 0 Å². The van der Waals surface area contributed by atoms with E-state index in [4.69, 9.17) is 4.74 Å². The Hall–Kier alpha value is -1.64. The molecule has 128 valence electrons. The van der Waals surface area contributed by atoms with Crippen LogP contribution in [0.5, 0.6) is 5.75 Å². The predicted octanol–water partition coefficient (Wildman–Crippen LogP) is 4.76. The van der Waals surface area contributed by atoms with Gasteiger partial charge in [0.05, 0.1) is 13.0 Å². The van der Waals surface area contributed by atoms with Crippen molar-refractivity contribution in [1.82, 2.24) is 0 Å². The van der Waals surface area contributed by atoms with Gasteiger partial charge in [0.25, 0.3) is 0 Å². The monoisotopic (exact) mass is 318 g/mol. The summed E-state index contributed by atoms with van der Waals surface area (Å²) in [6.45, 7) is 3.68. The lowest BCUT2D eigenvalue weighted by Crippen LogP contribution is -2.22. The van der Waals surface area contributed by atoms with Crippen molar-refractivity contribution in [2.24, 2.45) is 5.92 Å². The molecule has 0 unspecified atom stereocenters. The zero-order chi connectivity index (χ0) is 17.1. The van der Waals surface area contributed by atoms with Crippen LogP contribution in [0.1, 0.15) is 64.4 Å². The fourth-order valence-corrected chi connectivity index (χ4v) is 2.92. The van der Waals surface area contributed by atoms with E-state index in [1.807, 2.05) is 32.0 Å². The molecule has 0 saturated heterocycles. The molecule has 0 atom stereocenters. The SMILES string of the molecule is CCC(=O)C(CCCCCCc1ccccc1OC)C(=O)CC. The number of Topliss-reactive ketones (excluding diaryl/α,β-unsaturated/α-hetero) is 2. The molecule has 0 spiro atoms. The summed E-state index contributed by atoms with van der Waals surface area (Å²) in [7, 11) is 1.70. The first-order valence-corrected chi connectivity index (χ1v) is 8.81. The summed E-state index contributed by atoms with van der Waals surface area (Å²) in [5.41, 5.74) is 1.25. The molecule has 1 aromatic carbocycles. The number of aryl methyl sites for hydroxylation is 1. The smallest absolute Gasteiger partial charge is 0.143 e. The first-order chi connectivity index (χ1) is 11.1. The number of benzene rings is 1. The van der Waals surface area contributed by atoms with E-state index < -0.39 is 0 Å². The molecule has 0 heterocycles. The van der Waals surface area contributed by atoms with E-state index >= 15 is 0 Å². The molecular weight excluding hydrogens is 288 g/mol. The maximum Gasteiger partial charge on any atom is 0.143 e. The van der Waals surface area contributed by atoms with Gasteiger partial charge in [-0.05, 0) is 30.9 Å². The van der Waals surface area contributed by atoms with Crippen LogP contribution in [0.15, 0.2) is 24.3 Å². The molecule has 0 aliphatic rings. The fraction of sp³-hybridized carbons (Fsp3) is 0.600. The molecule has 0 fully saturated rings. The Bertz CT molecular complexity index is 477. The lowest BCUT2D eigenvalue weighted by molar-refractivity contribution is -0.132. The Morgan fingerprint density at radius 3 is 2.17 bits per heavy atom. The number of hydrogen-bond acceptors (Lipinski definition) is 3. The van der Waals surface area contributed by atoms with Crippen molar-refractivity contribution in [2.45, 2.75) is 65.2 Å². The number of hydrogen-bond donors (Lipinski definition) is 0. The topological polar surface area (TPSA) is 43.4 Å². The van der Waals surface area contributed by atoms with Gasteiger partial charge < -0.3 is 4.74 Å². The Balaban J connectivity index is 2.28. The normalized spacial score (nSPS) is 10.8. The van der Waals surface area contributed by atoms with E-state index in [2.05, 4.69) is 6.07 Å². The van der Waals surface area contributed by atoms with E-state index in [-0.39, 0.29) is 17.5 Å². The molecule has 3 nitrogen and oxygen atoms in total. The summed E-state index contributed by atoms with van der Waals surface area (Å²) in [6.07, 6.45) is 6.89. The zero-order valence-electron chi connectivity index (χ0n) is 14.8. The number of rotatable bonds is 12. The second-order valence-corrected chi connectivity index (χ2v) is 5.96. The molecule has 23 heavy (non-hydrogen) atoms. The number of ether oxygens (including phenoxy) is 1. The number of carbonyl (C=O) groups is 2. The van der Waals surface area contributed by atoms with Crippen molar-refractivity contribution < 1.29 is 14.3 Å². The predicted molar refractivity (Wildman–Crippen MR) is 93.9 cm³/mol. The summed E-state index contributed by atoms with van der Waals surface area (Å²) in [5, 5.41) is 0. The number of carbonyl (C=O) groups excluding carboxylic acids is 2. The van der Waals surface area contributed by atoms with E-state index in [0.29, 0.717) is 19.3 Å². The first kappa shape index (κ1) is 19.4. The minimum atomic E-state index is -0.362. The van der Waals surface area contributed by atoms with Crippen LogP contribution in [-0.4, -0.2) is 18.7 Å². The van der Waals surface area contributed by atoms with Crippen molar-refractivity contribution in [1.29, 1.82) is 0 Å². The van der Waals surface area contributed by atoms with Crippen LogP contribution in [0.25, 0.3) is 0 Å². The Labute approximate surface area is 140 Å². The van der Waals surface area contributed by atoms with E-state index in [1.165, 1.54) is 5.56 Å². The van der Waals surface area contributed by atoms with Crippen molar-refractivity contribution in [3.63, 3.8) is 0 Å². The van der Waals surface area contributed by atoms with Crippen molar-refractivity contribution in [3.05, 3.63) is 29.8 Å². The molecule has 1 aromatic rings. The lowest BCUT2D eigenvalue weighted by Gasteiger charge is -2.13. The van der Waals surface area contributed by atoms with Gasteiger partial charge in [-0.1, -0.05) is 51.3 Å². The number of ketones is 2. The summed E-state index contributed by atoms with van der Waals surface area (Å²) < 4.78 is 5.36. The van der Waals surface area contributed by atoms with Gasteiger partial charge in [-0.2, -0.15) is 0 Å². The third kappa shape index (κ3) is 6.55. The molecule has 0 radical (unpaired) electrons. The third-order valence-corrected chi connectivity index (χ3v) is 4.36. The molecule has 0 amide bonds. The second-order valence-electron chi connectivity index (χ2n) is 5.96. The molecule has 0 N–H and O–H groups in total. The van der Waals surface area contributed by atoms with Crippen LogP contribution in [-0.2, 0) is 16.0 Å². The molecule has 0 bridgehead atoms. The molecule has 0 saturated carbocycles. The Morgan fingerprint density at radius 2 is 1.57 bits per heavy atom. The van der Waals surface area contributed by atoms with Gasteiger partial charge in [0.15, 0.2) is 0 Å². The number of para-hydroxylation sites is 1. The second kappa shape index (κ2) is 11.0. The molecule has 1 rings (SSSR count). The molecule has 0 aromatic heterocycles. The number of unbranched alkanes of at least 4 members (excludes halogenated alkanes) is 3. The lowest BCUT2D eigenvalue weighted by atomic mass is 9.90. The summed E-state index contributed by atoms with van der Waals surface area (Å²) in [5.74, 6) is 0.797. The fourth-order valence-electron chi connectivity index (χ4n) is 2.92. The van der Waals surface area contributed by atoms with Gasteiger partial charge in [0, 0.05) is 12.8 Å². The largest absolute Gasteiger partial charge is 0.496 e. The highest BCUT2D eigenvalue weighted by molar-refractivity contribution is 6.02. The van der Waals surface area contributed by atoms with Crippen LogP contribution >= 0.6 is 0 Å². The zero-order valence-corrected chi connectivity index (χ0v) is 14.8. The average Bonchev–Trinajstić information content (AvgIpc) is 2.60. The van der Waals surface area contributed by atoms with Crippen molar-refractivity contribution in [3.8, 4) is 5.75 Å². The molecule has 3 heteroatoms. The standard InChI is InChI=1S/C20H30O3/c1-4-18(21)17(19(22)5-2)14-9-7-6-8-12-16-13-10-11-15-20(16)23-3/h10-11,13,15,17H,4-9,12,14H2,1-3H3. The van der Waals surface area contributed by atoms with Crippen LogP contribution < -0.4 is 4.74 Å². The van der Waals surface area contributed by atoms with E-state index in [9.17, 15) is 9.59 Å². The maximum absolute atomic E-state index is 11.9. The van der Waals surface area contributed by atoms with Crippen LogP contribution in [0.2, 0.25) is 0 Å². The number of methoxy groups -OCH3 is 1. The van der Waals surface area contributed by atoms with Gasteiger partial charge in [0.1, 0.15) is 17.3 Å². The minimum absolute atomic E-state index is 0.103. The quantitative estimate of drug-likeness (QED) is 0.412. The van der Waals surface area contributed by atoms with Crippen molar-refractivity contribution in [2.75, 3.05) is 7.11 Å². The van der Waals surface area contributed by atoms with Gasteiger partial charge in [0.2, 0.25) is 0 Å². The van der Waals surface area contributed by atoms with Crippen LogP contribution in [0, 0.1) is 5.92 Å². The van der Waals surface area contributed by atoms with Crippen LogP contribution in [0.3, 0.4) is 0 Å². The maximum atomic E-state index is 11.9. The summed E-state index contributed by atoms with van der Waals surface area (Å²) in [6, 6.07) is 8.12. The van der Waals surface area contributed by atoms with E-state index in [1.54, 1.807) is 7.11 Å². The summed E-state index contributed by atoms with van der Waals surface area (Å²) in [4.78, 5) is 23.7. The Kier molecular flexibility index (Phi) is 9.27. The summed E-state index contributed by atoms with van der Waals surface area (Å²) >= 11 is 0. The van der Waals surface area contributed by atoms with Gasteiger partial charge in [-0.15, -0.1) is 0 Å².